The second-order valence-electron chi connectivity index (χ2n) is 6.15. The highest BCUT2D eigenvalue weighted by atomic mass is 32.2. The fraction of sp³-hybridized carbons (Fsp3) is 0.611. The summed E-state index contributed by atoms with van der Waals surface area (Å²) in [6.07, 6.45) is 5.20. The van der Waals surface area contributed by atoms with Gasteiger partial charge in [-0.3, -0.25) is 4.99 Å². The van der Waals surface area contributed by atoms with Crippen LogP contribution in [0.5, 0.6) is 5.75 Å². The van der Waals surface area contributed by atoms with Crippen LogP contribution in [0.15, 0.2) is 34.2 Å². The normalized spacial score (nSPS) is 17.1. The Morgan fingerprint density at radius 2 is 2.09 bits per heavy atom. The lowest BCUT2D eigenvalue weighted by molar-refractivity contribution is 0.405. The van der Waals surface area contributed by atoms with Crippen molar-refractivity contribution in [1.82, 2.24) is 10.6 Å². The molecule has 0 aromatic heterocycles. The molecular weight excluding hydrogens is 306 g/mol. The van der Waals surface area contributed by atoms with Gasteiger partial charge in [-0.2, -0.15) is 0 Å². The highest BCUT2D eigenvalue weighted by Gasteiger charge is 2.16. The number of guanidine groups is 1. The zero-order valence-corrected chi connectivity index (χ0v) is 15.3. The molecule has 0 spiro atoms. The quantitative estimate of drug-likeness (QED) is 0.454. The van der Waals surface area contributed by atoms with Gasteiger partial charge in [-0.25, -0.2) is 0 Å². The molecule has 5 heteroatoms. The number of rotatable bonds is 7. The zero-order valence-electron chi connectivity index (χ0n) is 14.5. The van der Waals surface area contributed by atoms with Crippen molar-refractivity contribution in [3.05, 3.63) is 24.3 Å². The van der Waals surface area contributed by atoms with Gasteiger partial charge in [0.25, 0.3) is 0 Å². The molecule has 4 nitrogen and oxygen atoms in total. The van der Waals surface area contributed by atoms with E-state index < -0.39 is 0 Å². The standard InChI is InChI=1S/C18H29N3OS/c1-14(13-23-17-11-7-6-10-16(17)22-3)12-20-18(19-2)21-15-8-4-5-9-15/h6-7,10-11,14-15H,4-5,8-9,12-13H2,1-3H3,(H2,19,20,21). The second kappa shape index (κ2) is 9.71. The molecule has 2 rings (SSSR count). The monoisotopic (exact) mass is 335 g/mol. The fourth-order valence-corrected chi connectivity index (χ4v) is 3.81. The van der Waals surface area contributed by atoms with Gasteiger partial charge >= 0.3 is 0 Å². The van der Waals surface area contributed by atoms with E-state index in [2.05, 4.69) is 34.7 Å². The summed E-state index contributed by atoms with van der Waals surface area (Å²) in [7, 11) is 3.57. The van der Waals surface area contributed by atoms with Crippen molar-refractivity contribution in [2.24, 2.45) is 10.9 Å². The molecule has 1 fully saturated rings. The molecule has 1 saturated carbocycles. The summed E-state index contributed by atoms with van der Waals surface area (Å²) in [6, 6.07) is 8.79. The maximum atomic E-state index is 5.40. The minimum atomic E-state index is 0.548. The number of thioether (sulfide) groups is 1. The number of methoxy groups -OCH3 is 1. The maximum absolute atomic E-state index is 5.40. The van der Waals surface area contributed by atoms with Crippen LogP contribution in [0.4, 0.5) is 0 Å². The Balaban J connectivity index is 1.72. The van der Waals surface area contributed by atoms with Crippen LogP contribution < -0.4 is 15.4 Å². The highest BCUT2D eigenvalue weighted by molar-refractivity contribution is 7.99. The summed E-state index contributed by atoms with van der Waals surface area (Å²) >= 11 is 1.85. The molecule has 0 bridgehead atoms. The first-order valence-corrected chi connectivity index (χ1v) is 9.44. The van der Waals surface area contributed by atoms with Gasteiger partial charge in [-0.05, 0) is 30.9 Å². The number of benzene rings is 1. The van der Waals surface area contributed by atoms with E-state index >= 15 is 0 Å². The lowest BCUT2D eigenvalue weighted by Gasteiger charge is -2.19. The predicted octanol–water partition coefficient (Wildman–Crippen LogP) is 3.53. The third kappa shape index (κ3) is 5.98. The van der Waals surface area contributed by atoms with Gasteiger partial charge in [0.2, 0.25) is 0 Å². The number of nitrogens with zero attached hydrogens (tertiary/aromatic N) is 1. The van der Waals surface area contributed by atoms with Crippen LogP contribution in [-0.4, -0.2) is 38.5 Å². The summed E-state index contributed by atoms with van der Waals surface area (Å²) in [5.41, 5.74) is 0. The Kier molecular flexibility index (Phi) is 7.59. The molecule has 0 amide bonds. The zero-order chi connectivity index (χ0) is 16.5. The Hall–Kier alpha value is -1.36. The van der Waals surface area contributed by atoms with Gasteiger partial charge in [-0.1, -0.05) is 31.9 Å². The predicted molar refractivity (Wildman–Crippen MR) is 99.6 cm³/mol. The Morgan fingerprint density at radius 3 is 2.78 bits per heavy atom. The first kappa shape index (κ1) is 18.0. The Bertz CT molecular complexity index is 501. The lowest BCUT2D eigenvalue weighted by Crippen LogP contribution is -2.43. The first-order chi connectivity index (χ1) is 11.2. The number of nitrogens with one attached hydrogen (secondary N) is 2. The van der Waals surface area contributed by atoms with E-state index in [-0.39, 0.29) is 0 Å². The van der Waals surface area contributed by atoms with Gasteiger partial charge in [0, 0.05) is 30.3 Å². The summed E-state index contributed by atoms with van der Waals surface area (Å²) in [6.45, 7) is 3.19. The van der Waals surface area contributed by atoms with E-state index in [0.717, 1.165) is 24.0 Å². The second-order valence-corrected chi connectivity index (χ2v) is 7.21. The van der Waals surface area contributed by atoms with Gasteiger partial charge in [0.05, 0.1) is 7.11 Å². The van der Waals surface area contributed by atoms with Crippen LogP contribution in [0.3, 0.4) is 0 Å². The topological polar surface area (TPSA) is 45.7 Å². The van der Waals surface area contributed by atoms with Crippen molar-refractivity contribution in [2.45, 2.75) is 43.5 Å². The van der Waals surface area contributed by atoms with Gasteiger partial charge in [0.1, 0.15) is 5.75 Å². The number of ether oxygens (including phenoxy) is 1. The molecule has 1 aromatic rings. The van der Waals surface area contributed by atoms with Crippen molar-refractivity contribution in [1.29, 1.82) is 0 Å². The molecule has 2 N–H and O–H groups in total. The number of aliphatic imine (C=N–C) groups is 1. The fourth-order valence-electron chi connectivity index (χ4n) is 2.76. The van der Waals surface area contributed by atoms with Crippen LogP contribution in [0.1, 0.15) is 32.6 Å². The van der Waals surface area contributed by atoms with Crippen molar-refractivity contribution < 1.29 is 4.74 Å². The minimum absolute atomic E-state index is 0.548. The third-order valence-corrected chi connectivity index (χ3v) is 5.51. The average molecular weight is 336 g/mol. The molecule has 1 aliphatic carbocycles. The summed E-state index contributed by atoms with van der Waals surface area (Å²) in [5, 5.41) is 6.98. The Morgan fingerprint density at radius 1 is 1.35 bits per heavy atom. The van der Waals surface area contributed by atoms with Crippen LogP contribution in [-0.2, 0) is 0 Å². The molecular formula is C18H29N3OS. The first-order valence-electron chi connectivity index (χ1n) is 8.46. The van der Waals surface area contributed by atoms with E-state index in [0.29, 0.717) is 12.0 Å². The van der Waals surface area contributed by atoms with E-state index in [1.807, 2.05) is 30.9 Å². The SMILES string of the molecule is CN=C(NCC(C)CSc1ccccc1OC)NC1CCCC1. The molecule has 1 atom stereocenters. The lowest BCUT2D eigenvalue weighted by atomic mass is 10.2. The van der Waals surface area contributed by atoms with Crippen molar-refractivity contribution in [3.8, 4) is 5.75 Å². The summed E-state index contributed by atoms with van der Waals surface area (Å²) < 4.78 is 5.40. The maximum Gasteiger partial charge on any atom is 0.191 e. The molecule has 1 unspecified atom stereocenters. The number of hydrogen-bond acceptors (Lipinski definition) is 3. The van der Waals surface area contributed by atoms with E-state index in [9.17, 15) is 0 Å². The average Bonchev–Trinajstić information content (AvgIpc) is 3.09. The van der Waals surface area contributed by atoms with Crippen LogP contribution >= 0.6 is 11.8 Å². The number of para-hydroxylation sites is 1. The van der Waals surface area contributed by atoms with Gasteiger partial charge in [-0.15, -0.1) is 11.8 Å². The molecule has 1 aromatic carbocycles. The minimum Gasteiger partial charge on any atom is -0.496 e. The smallest absolute Gasteiger partial charge is 0.191 e. The van der Waals surface area contributed by atoms with Gasteiger partial charge in [0.15, 0.2) is 5.96 Å². The molecule has 0 heterocycles. The Labute approximate surface area is 144 Å². The molecule has 0 aliphatic heterocycles. The summed E-state index contributed by atoms with van der Waals surface area (Å²) in [5.74, 6) is 3.49. The van der Waals surface area contributed by atoms with E-state index in [4.69, 9.17) is 4.74 Å². The van der Waals surface area contributed by atoms with Crippen molar-refractivity contribution in [2.75, 3.05) is 26.5 Å². The molecule has 1 aliphatic rings. The summed E-state index contributed by atoms with van der Waals surface area (Å²) in [4.78, 5) is 5.54. The molecule has 0 radical (unpaired) electrons. The van der Waals surface area contributed by atoms with E-state index in [1.54, 1.807) is 7.11 Å². The molecule has 128 valence electrons. The van der Waals surface area contributed by atoms with Crippen molar-refractivity contribution >= 4 is 17.7 Å². The van der Waals surface area contributed by atoms with Gasteiger partial charge < -0.3 is 15.4 Å². The number of hydrogen-bond donors (Lipinski definition) is 2. The van der Waals surface area contributed by atoms with Crippen LogP contribution in [0.2, 0.25) is 0 Å². The van der Waals surface area contributed by atoms with Crippen molar-refractivity contribution in [3.63, 3.8) is 0 Å². The van der Waals surface area contributed by atoms with E-state index in [1.165, 1.54) is 30.6 Å². The highest BCUT2D eigenvalue weighted by Crippen LogP contribution is 2.29. The largest absolute Gasteiger partial charge is 0.496 e. The van der Waals surface area contributed by atoms with Crippen LogP contribution in [0, 0.1) is 5.92 Å². The molecule has 23 heavy (non-hydrogen) atoms. The molecule has 0 saturated heterocycles. The van der Waals surface area contributed by atoms with Crippen LogP contribution in [0.25, 0.3) is 0 Å². The third-order valence-electron chi connectivity index (χ3n) is 4.13.